The number of hydrogen-bond acceptors (Lipinski definition) is 15. The molecule has 0 aromatic heterocycles. The molecule has 65 heavy (non-hydrogen) atoms. The molecule has 5 rings (SSSR count). The van der Waals surface area contributed by atoms with Gasteiger partial charge in [0, 0.05) is 61.9 Å². The number of esters is 1. The number of allylic oxidation sites excluding steroid dienone is 2. The molecule has 3 heterocycles. The second-order valence-corrected chi connectivity index (χ2v) is 18.6. The average Bonchev–Trinajstić information content (AvgIpc) is 3.46. The molecule has 3 aliphatic rings. The molecular formula is C47H72ClN5O12. The number of ketones is 1. The molecule has 2 amide bonds. The van der Waals surface area contributed by atoms with Crippen molar-refractivity contribution < 1.29 is 58.9 Å². The number of aliphatic hydroxyl groups excluding tert-OH is 5. The zero-order valence-electron chi connectivity index (χ0n) is 39.7. The standard InChI is InChI=1S/C24H36N2O6.C12H20O5.C11H15N3O.ClH/c1-24(2,3)12-11-18(27)20(29)21(30)22(32-6)19(28)13-15-14-25(4)16-9-7-8-10-17(16)26(5)23(15)31;1-12(2,3)6-5-7(13)9-8(14)10(16-4)11(15)17-9;1-13-7-8(12)11(15)14(2)10-6-4-3-5-9(10)13;/h7-12,15,18,20-22,27,29-30H,13-14H2,1-6H3;5-10,13-14H,1-4H3;3-6,8H,7,12H2,1-2H3;1H/b12-11+;6-5+;;/t15-,18+,20-,21+,22-;7-,8-,9+,10-;8-;/m010./s1. The fraction of sp³-hybridized carbons (Fsp3) is 0.574. The van der Waals surface area contributed by atoms with E-state index in [0.29, 0.717) is 13.1 Å². The number of benzene rings is 2. The molecule has 10 atom stereocenters. The van der Waals surface area contributed by atoms with Gasteiger partial charge in [0.15, 0.2) is 18.0 Å². The van der Waals surface area contributed by atoms with E-state index in [1.807, 2.05) is 114 Å². The number of aliphatic hydroxyl groups is 5. The molecule has 18 heteroatoms. The predicted octanol–water partition coefficient (Wildman–Crippen LogP) is 2.47. The Hall–Kier alpha value is -4.43. The number of fused-ring (bicyclic) bond motifs is 2. The molecule has 17 nitrogen and oxygen atoms in total. The van der Waals surface area contributed by atoms with Crippen LogP contribution in [0.5, 0.6) is 0 Å². The highest BCUT2D eigenvalue weighted by atomic mass is 35.5. The summed E-state index contributed by atoms with van der Waals surface area (Å²) in [4.78, 5) is 56.2. The van der Waals surface area contributed by atoms with Crippen molar-refractivity contribution in [2.45, 2.75) is 103 Å². The van der Waals surface area contributed by atoms with Gasteiger partial charge in [-0.25, -0.2) is 4.79 Å². The number of likely N-dealkylation sites (N-methyl/N-ethyl adjacent to an activating group) is 2. The van der Waals surface area contributed by atoms with Gasteiger partial charge in [-0.3, -0.25) is 14.4 Å². The van der Waals surface area contributed by atoms with Crippen LogP contribution in [0.3, 0.4) is 0 Å². The number of methoxy groups -OCH3 is 2. The number of carbonyl (C=O) groups excluding carboxylic acids is 4. The molecule has 0 radical (unpaired) electrons. The maximum Gasteiger partial charge on any atom is 0.338 e. The van der Waals surface area contributed by atoms with Crippen LogP contribution >= 0.6 is 12.4 Å². The number of halogens is 1. The molecule has 7 N–H and O–H groups in total. The topological polar surface area (TPSA) is 236 Å². The number of carbonyl (C=O) groups is 4. The van der Waals surface area contributed by atoms with Gasteiger partial charge in [0.05, 0.1) is 28.7 Å². The van der Waals surface area contributed by atoms with Gasteiger partial charge in [0.1, 0.15) is 42.7 Å². The van der Waals surface area contributed by atoms with Crippen LogP contribution in [0.1, 0.15) is 48.0 Å². The third-order valence-corrected chi connectivity index (χ3v) is 10.9. The largest absolute Gasteiger partial charge is 0.454 e. The fourth-order valence-electron chi connectivity index (χ4n) is 7.32. The van der Waals surface area contributed by atoms with Gasteiger partial charge in [0.2, 0.25) is 11.8 Å². The summed E-state index contributed by atoms with van der Waals surface area (Å²) >= 11 is 0. The molecule has 364 valence electrons. The molecule has 0 bridgehead atoms. The number of anilines is 4. The van der Waals surface area contributed by atoms with Gasteiger partial charge >= 0.3 is 5.97 Å². The lowest BCUT2D eigenvalue weighted by Gasteiger charge is -2.28. The average molecular weight is 935 g/mol. The number of hydrogen-bond donors (Lipinski definition) is 6. The third-order valence-electron chi connectivity index (χ3n) is 10.9. The Bertz CT molecular complexity index is 1950. The number of nitrogens with two attached hydrogens (primary N) is 1. The summed E-state index contributed by atoms with van der Waals surface area (Å²) in [6.07, 6.45) is -3.93. The molecule has 0 unspecified atom stereocenters. The first-order valence-corrected chi connectivity index (χ1v) is 21.2. The van der Waals surface area contributed by atoms with Gasteiger partial charge in [-0.15, -0.1) is 12.4 Å². The van der Waals surface area contributed by atoms with E-state index in [1.54, 1.807) is 31.1 Å². The number of amides is 2. The quantitative estimate of drug-likeness (QED) is 0.140. The van der Waals surface area contributed by atoms with Crippen molar-refractivity contribution in [1.29, 1.82) is 0 Å². The minimum atomic E-state index is -1.65. The number of ether oxygens (including phenoxy) is 3. The van der Waals surface area contributed by atoms with Crippen molar-refractivity contribution in [3.63, 3.8) is 0 Å². The molecule has 3 aliphatic heterocycles. The molecule has 1 fully saturated rings. The van der Waals surface area contributed by atoms with Crippen molar-refractivity contribution >= 4 is 58.7 Å². The fourth-order valence-corrected chi connectivity index (χ4v) is 7.32. The summed E-state index contributed by atoms with van der Waals surface area (Å²) in [7, 11) is 9.80. The molecule has 0 spiro atoms. The minimum Gasteiger partial charge on any atom is -0.454 e. The lowest BCUT2D eigenvalue weighted by atomic mass is 9.91. The molecule has 0 aliphatic carbocycles. The lowest BCUT2D eigenvalue weighted by molar-refractivity contribution is -0.150. The van der Waals surface area contributed by atoms with E-state index in [2.05, 4.69) is 0 Å². The van der Waals surface area contributed by atoms with Gasteiger partial charge in [-0.2, -0.15) is 0 Å². The number of cyclic esters (lactones) is 1. The highest BCUT2D eigenvalue weighted by molar-refractivity contribution is 6.02. The summed E-state index contributed by atoms with van der Waals surface area (Å²) in [5.74, 6) is -2.07. The first-order valence-electron chi connectivity index (χ1n) is 21.2. The minimum absolute atomic E-state index is 0. The summed E-state index contributed by atoms with van der Waals surface area (Å²) in [6.45, 7) is 12.6. The van der Waals surface area contributed by atoms with E-state index in [0.717, 1.165) is 22.7 Å². The normalized spacial score (nSPS) is 23.7. The van der Waals surface area contributed by atoms with E-state index in [1.165, 1.54) is 31.3 Å². The van der Waals surface area contributed by atoms with Crippen LogP contribution < -0.4 is 25.3 Å². The van der Waals surface area contributed by atoms with Gasteiger partial charge in [-0.1, -0.05) is 90.1 Å². The maximum atomic E-state index is 13.0. The summed E-state index contributed by atoms with van der Waals surface area (Å²) in [5, 5.41) is 50.7. The number of Topliss-reactive ketones (excluding diaryl/α,β-unsaturated/α-hetero) is 1. The zero-order chi connectivity index (χ0) is 48.4. The Morgan fingerprint density at radius 1 is 0.769 bits per heavy atom. The van der Waals surface area contributed by atoms with E-state index >= 15 is 0 Å². The SMILES string of the molecule is CN1C[C@H](N)C(=O)N(C)c2ccccc21.CO[C@@H](C(=O)C[C@H]1CN(C)c2ccccc2N(C)C1=O)[C@H](O)[C@@H](O)[C@H](O)/C=C/C(C)(C)C.CO[C@H]1C(=O)O[C@@H]([C@H](O)/C=C/C(C)(C)C)[C@H]1O.Cl. The summed E-state index contributed by atoms with van der Waals surface area (Å²) in [6, 6.07) is 14.9. The summed E-state index contributed by atoms with van der Waals surface area (Å²) < 4.78 is 14.9. The van der Waals surface area contributed by atoms with Crippen molar-refractivity contribution in [1.82, 2.24) is 0 Å². The molecular weight excluding hydrogens is 862 g/mol. The zero-order valence-corrected chi connectivity index (χ0v) is 40.5. The van der Waals surface area contributed by atoms with Gasteiger partial charge < -0.3 is 65.1 Å². The van der Waals surface area contributed by atoms with Crippen molar-refractivity contribution in [2.24, 2.45) is 22.5 Å². The highest BCUT2D eigenvalue weighted by Crippen LogP contribution is 2.34. The summed E-state index contributed by atoms with van der Waals surface area (Å²) in [5.41, 5.74) is 9.08. The first kappa shape index (κ1) is 56.7. The smallest absolute Gasteiger partial charge is 0.338 e. The maximum absolute atomic E-state index is 13.0. The van der Waals surface area contributed by atoms with Crippen LogP contribution in [-0.2, 0) is 33.4 Å². The van der Waals surface area contributed by atoms with Crippen LogP contribution in [-0.4, -0.2) is 159 Å². The Balaban J connectivity index is 0.000000368. The number of rotatable bonds is 11. The third kappa shape index (κ3) is 15.3. The van der Waals surface area contributed by atoms with Crippen LogP contribution in [0, 0.1) is 16.7 Å². The molecule has 2 aromatic carbocycles. The molecule has 2 aromatic rings. The van der Waals surface area contributed by atoms with Gasteiger partial charge in [-0.05, 0) is 35.1 Å². The first-order chi connectivity index (χ1) is 29.7. The monoisotopic (exact) mass is 933 g/mol. The molecule has 1 saturated heterocycles. The van der Waals surface area contributed by atoms with Crippen molar-refractivity contribution in [2.75, 3.05) is 75.1 Å². The Kier molecular flexibility index (Phi) is 21.3. The van der Waals surface area contributed by atoms with Crippen LogP contribution in [0.4, 0.5) is 22.7 Å². The highest BCUT2D eigenvalue weighted by Gasteiger charge is 2.47. The number of nitrogens with zero attached hydrogens (tertiary/aromatic N) is 4. The number of para-hydroxylation sites is 4. The van der Waals surface area contributed by atoms with E-state index in [9.17, 15) is 44.7 Å². The van der Waals surface area contributed by atoms with Gasteiger partial charge in [0.25, 0.3) is 0 Å². The Morgan fingerprint density at radius 2 is 1.23 bits per heavy atom. The second kappa shape index (κ2) is 24.4. The van der Waals surface area contributed by atoms with Crippen molar-refractivity contribution in [3.05, 3.63) is 72.8 Å². The predicted molar refractivity (Wildman–Crippen MR) is 253 cm³/mol. The van der Waals surface area contributed by atoms with Crippen LogP contribution in [0.2, 0.25) is 0 Å². The van der Waals surface area contributed by atoms with Crippen molar-refractivity contribution in [3.8, 4) is 0 Å². The van der Waals surface area contributed by atoms with E-state index in [-0.39, 0.29) is 41.5 Å². The molecule has 0 saturated carbocycles. The Morgan fingerprint density at radius 3 is 1.69 bits per heavy atom. The second-order valence-electron chi connectivity index (χ2n) is 18.6. The Labute approximate surface area is 389 Å². The van der Waals surface area contributed by atoms with E-state index in [4.69, 9.17) is 19.9 Å². The van der Waals surface area contributed by atoms with E-state index < -0.39 is 72.5 Å². The van der Waals surface area contributed by atoms with Crippen LogP contribution in [0.15, 0.2) is 72.8 Å². The van der Waals surface area contributed by atoms with Crippen LogP contribution in [0.25, 0.3) is 0 Å². The lowest BCUT2D eigenvalue weighted by Crippen LogP contribution is -2.49.